The number of nitrogens with zero attached hydrogens (tertiary/aromatic N) is 4. The van der Waals surface area contributed by atoms with Crippen molar-refractivity contribution in [3.8, 4) is 17.5 Å². The average molecular weight is 436 g/mol. The minimum atomic E-state index is -0.282. The van der Waals surface area contributed by atoms with Crippen LogP contribution in [0.15, 0.2) is 86.5 Å². The monoisotopic (exact) mass is 435 g/mol. The van der Waals surface area contributed by atoms with Gasteiger partial charge in [0, 0.05) is 29.3 Å². The van der Waals surface area contributed by atoms with Crippen molar-refractivity contribution in [1.82, 2.24) is 19.1 Å². The highest BCUT2D eigenvalue weighted by molar-refractivity contribution is 6.05. The second-order valence-electron chi connectivity index (χ2n) is 7.20. The summed E-state index contributed by atoms with van der Waals surface area (Å²) in [5.41, 5.74) is 4.60. The molecule has 3 rings (SSSR count). The number of aryl methyl sites for hydroxylation is 2. The van der Waals surface area contributed by atoms with E-state index in [0.29, 0.717) is 22.8 Å². The fourth-order valence-corrected chi connectivity index (χ4v) is 3.04. The maximum atomic E-state index is 12.5. The Labute approximate surface area is 194 Å². The molecule has 0 aliphatic rings. The van der Waals surface area contributed by atoms with Crippen LogP contribution in [0.3, 0.4) is 0 Å². The smallest absolute Gasteiger partial charge is 0.255 e. The number of nitrogens with one attached hydrogen (secondary N) is 1. The maximum Gasteiger partial charge on any atom is 0.255 e. The predicted octanol–water partition coefficient (Wildman–Crippen LogP) is 5.09. The van der Waals surface area contributed by atoms with E-state index in [0.717, 1.165) is 16.9 Å². The molecule has 1 aromatic carbocycles. The number of carbonyl (C=O) groups excluding carboxylic acids is 1. The van der Waals surface area contributed by atoms with E-state index in [1.807, 2.05) is 42.8 Å². The summed E-state index contributed by atoms with van der Waals surface area (Å²) >= 11 is 0. The van der Waals surface area contributed by atoms with Crippen LogP contribution in [0.1, 0.15) is 22.8 Å². The van der Waals surface area contributed by atoms with E-state index >= 15 is 0 Å². The van der Waals surface area contributed by atoms with Crippen molar-refractivity contribution in [2.45, 2.75) is 13.8 Å². The molecular weight excluding hydrogens is 410 g/mol. The van der Waals surface area contributed by atoms with Crippen LogP contribution < -0.4 is 5.32 Å². The van der Waals surface area contributed by atoms with Gasteiger partial charge < -0.3 is 9.88 Å². The lowest BCUT2D eigenvalue weighted by Gasteiger charge is -2.10. The number of benzene rings is 1. The lowest BCUT2D eigenvalue weighted by Crippen LogP contribution is -2.13. The highest BCUT2D eigenvalue weighted by atomic mass is 16.1. The van der Waals surface area contributed by atoms with E-state index in [4.69, 9.17) is 0 Å². The number of hydrogen-bond acceptors (Lipinski definition) is 3. The number of rotatable bonds is 7. The van der Waals surface area contributed by atoms with Crippen molar-refractivity contribution < 1.29 is 4.79 Å². The highest BCUT2D eigenvalue weighted by Crippen LogP contribution is 2.19. The van der Waals surface area contributed by atoms with Crippen molar-refractivity contribution in [2.75, 3.05) is 5.32 Å². The lowest BCUT2D eigenvalue weighted by molar-refractivity contribution is -0.112. The highest BCUT2D eigenvalue weighted by Gasteiger charge is 2.07. The molecule has 1 amide bonds. The quantitative estimate of drug-likeness (QED) is 0.319. The molecule has 0 fully saturated rings. The standard InChI is InChI=1S/C27H25N5O/c1-6-26-28-17-24(32(26)7-2)13-11-9-8-10-12-21(4)27(33)30-23-14-20(3)15-25(16-23)31-18-22(5)29-19-31/h6-10,12,14-19H,1-2,4H2,3,5H3,(H,30,33)/b9-8+,12-10-. The maximum absolute atomic E-state index is 12.5. The Morgan fingerprint density at radius 1 is 1.15 bits per heavy atom. The number of anilines is 1. The minimum absolute atomic E-state index is 0.282. The van der Waals surface area contributed by atoms with Crippen LogP contribution in [0.25, 0.3) is 18.0 Å². The number of carbonyl (C=O) groups is 1. The third-order valence-electron chi connectivity index (χ3n) is 4.60. The van der Waals surface area contributed by atoms with Crippen molar-refractivity contribution in [3.05, 3.63) is 109 Å². The molecule has 6 heteroatoms. The third-order valence-corrected chi connectivity index (χ3v) is 4.60. The molecule has 0 saturated heterocycles. The van der Waals surface area contributed by atoms with E-state index in [9.17, 15) is 4.79 Å². The Hall–Kier alpha value is -4.63. The van der Waals surface area contributed by atoms with Crippen LogP contribution >= 0.6 is 0 Å². The van der Waals surface area contributed by atoms with Gasteiger partial charge in [0.2, 0.25) is 0 Å². The number of aromatic nitrogens is 4. The summed E-state index contributed by atoms with van der Waals surface area (Å²) in [5, 5.41) is 2.89. The molecule has 0 aliphatic carbocycles. The normalized spacial score (nSPS) is 10.7. The van der Waals surface area contributed by atoms with Crippen molar-refractivity contribution in [1.29, 1.82) is 0 Å². The van der Waals surface area contributed by atoms with Crippen LogP contribution in [-0.4, -0.2) is 25.0 Å². The predicted molar refractivity (Wildman–Crippen MR) is 135 cm³/mol. The molecule has 0 aliphatic heterocycles. The summed E-state index contributed by atoms with van der Waals surface area (Å²) in [7, 11) is 0. The molecule has 0 radical (unpaired) electrons. The fourth-order valence-electron chi connectivity index (χ4n) is 3.04. The van der Waals surface area contributed by atoms with Gasteiger partial charge in [-0.25, -0.2) is 9.97 Å². The van der Waals surface area contributed by atoms with Gasteiger partial charge >= 0.3 is 0 Å². The molecule has 2 heterocycles. The zero-order valence-corrected chi connectivity index (χ0v) is 18.7. The summed E-state index contributed by atoms with van der Waals surface area (Å²) in [6.07, 6.45) is 15.4. The Balaban J connectivity index is 1.61. The average Bonchev–Trinajstić information content (AvgIpc) is 3.40. The molecule has 2 aromatic heterocycles. The van der Waals surface area contributed by atoms with Crippen molar-refractivity contribution in [3.63, 3.8) is 0 Å². The van der Waals surface area contributed by atoms with Gasteiger partial charge in [-0.2, -0.15) is 0 Å². The molecule has 0 spiro atoms. The summed E-state index contributed by atoms with van der Waals surface area (Å²) < 4.78 is 3.67. The Morgan fingerprint density at radius 2 is 1.97 bits per heavy atom. The Kier molecular flexibility index (Phi) is 7.40. The van der Waals surface area contributed by atoms with Crippen LogP contribution in [-0.2, 0) is 4.79 Å². The van der Waals surface area contributed by atoms with Crippen LogP contribution in [0, 0.1) is 25.7 Å². The van der Waals surface area contributed by atoms with E-state index in [1.165, 1.54) is 0 Å². The molecule has 1 N–H and O–H groups in total. The van der Waals surface area contributed by atoms with E-state index in [-0.39, 0.29) is 5.91 Å². The molecule has 33 heavy (non-hydrogen) atoms. The molecule has 0 bridgehead atoms. The zero-order valence-electron chi connectivity index (χ0n) is 18.7. The first-order valence-electron chi connectivity index (χ1n) is 10.2. The summed E-state index contributed by atoms with van der Waals surface area (Å²) in [6, 6.07) is 5.82. The van der Waals surface area contributed by atoms with Gasteiger partial charge in [0.05, 0.1) is 18.2 Å². The molecule has 164 valence electrons. The van der Waals surface area contributed by atoms with Crippen LogP contribution in [0.2, 0.25) is 0 Å². The number of amides is 1. The second kappa shape index (κ2) is 10.6. The van der Waals surface area contributed by atoms with Gasteiger partial charge in [-0.05, 0) is 55.7 Å². The van der Waals surface area contributed by atoms with Gasteiger partial charge in [-0.3, -0.25) is 9.36 Å². The molecule has 3 aromatic rings. The molecule has 0 saturated carbocycles. The largest absolute Gasteiger partial charge is 0.322 e. The third kappa shape index (κ3) is 5.96. The first kappa shape index (κ1) is 23.0. The molecular formula is C27H25N5O. The van der Waals surface area contributed by atoms with Gasteiger partial charge in [-0.1, -0.05) is 43.9 Å². The summed E-state index contributed by atoms with van der Waals surface area (Å²) in [5.74, 6) is 6.31. The van der Waals surface area contributed by atoms with Crippen molar-refractivity contribution >= 4 is 23.9 Å². The van der Waals surface area contributed by atoms with E-state index < -0.39 is 0 Å². The van der Waals surface area contributed by atoms with E-state index in [2.05, 4.69) is 46.9 Å². The van der Waals surface area contributed by atoms with Gasteiger partial charge in [-0.15, -0.1) is 0 Å². The molecule has 0 unspecified atom stereocenters. The first-order chi connectivity index (χ1) is 15.9. The number of allylic oxidation sites excluding steroid dienone is 3. The fraction of sp³-hybridized carbons (Fsp3) is 0.0741. The van der Waals surface area contributed by atoms with Crippen LogP contribution in [0.5, 0.6) is 0 Å². The van der Waals surface area contributed by atoms with Crippen molar-refractivity contribution in [2.24, 2.45) is 0 Å². The summed E-state index contributed by atoms with van der Waals surface area (Å²) in [6.45, 7) is 15.2. The molecule has 6 nitrogen and oxygen atoms in total. The zero-order chi connectivity index (χ0) is 23.8. The van der Waals surface area contributed by atoms with Gasteiger partial charge in [0.15, 0.2) is 0 Å². The van der Waals surface area contributed by atoms with Gasteiger partial charge in [0.25, 0.3) is 5.91 Å². The summed E-state index contributed by atoms with van der Waals surface area (Å²) in [4.78, 5) is 21.0. The molecule has 0 atom stereocenters. The van der Waals surface area contributed by atoms with Gasteiger partial charge in [0.1, 0.15) is 11.5 Å². The number of hydrogen-bond donors (Lipinski definition) is 1. The topological polar surface area (TPSA) is 64.7 Å². The SMILES string of the molecule is C=Cc1ncc(C#C/C=C/C=C\C(=C)C(=O)Nc2cc(C)cc(-n3cnc(C)c3)c2)n1C=C. The Morgan fingerprint density at radius 3 is 2.67 bits per heavy atom. The van der Waals surface area contributed by atoms with E-state index in [1.54, 1.807) is 53.7 Å². The van der Waals surface area contributed by atoms with Crippen LogP contribution in [0.4, 0.5) is 5.69 Å². The lowest BCUT2D eigenvalue weighted by atomic mass is 10.1. The first-order valence-corrected chi connectivity index (χ1v) is 10.2. The second-order valence-corrected chi connectivity index (χ2v) is 7.20. The minimum Gasteiger partial charge on any atom is -0.322 e. The number of imidazole rings is 2. The Bertz CT molecular complexity index is 1340.